The van der Waals surface area contributed by atoms with Crippen LogP contribution in [-0.2, 0) is 0 Å². The van der Waals surface area contributed by atoms with Crippen LogP contribution < -0.4 is 5.32 Å². The van der Waals surface area contributed by atoms with Crippen molar-refractivity contribution in [1.82, 2.24) is 10.2 Å². The molecule has 0 spiro atoms. The number of rotatable bonds is 5. The Hall–Kier alpha value is -1.00. The maximum Gasteiger partial charge on any atom is 0.163 e. The van der Waals surface area contributed by atoms with Gasteiger partial charge in [0, 0.05) is 18.2 Å². The molecule has 1 saturated heterocycles. The van der Waals surface area contributed by atoms with Crippen LogP contribution in [0.5, 0.6) is 0 Å². The number of halogens is 2. The third-order valence-electron chi connectivity index (χ3n) is 4.46. The summed E-state index contributed by atoms with van der Waals surface area (Å²) in [6.45, 7) is 10.1. The first-order valence-corrected chi connectivity index (χ1v) is 7.82. The Morgan fingerprint density at radius 2 is 1.90 bits per heavy atom. The van der Waals surface area contributed by atoms with Gasteiger partial charge in [0.15, 0.2) is 11.6 Å². The largest absolute Gasteiger partial charge is 0.309 e. The highest BCUT2D eigenvalue weighted by atomic mass is 19.2. The van der Waals surface area contributed by atoms with Crippen molar-refractivity contribution in [3.8, 4) is 0 Å². The number of likely N-dealkylation sites (tertiary alicyclic amines) is 1. The molecule has 0 amide bonds. The quantitative estimate of drug-likeness (QED) is 0.890. The van der Waals surface area contributed by atoms with Gasteiger partial charge in [0.1, 0.15) is 0 Å². The van der Waals surface area contributed by atoms with E-state index in [0.29, 0.717) is 11.0 Å². The standard InChI is InChI=1S/C17H26F2N2/c1-4-20-15(13-6-5-7-14(18)16(13)19)12-21-10-8-17(2,3)9-11-21/h5-7,15,20H,4,8-12H2,1-3H3. The monoisotopic (exact) mass is 296 g/mol. The second kappa shape index (κ2) is 6.84. The van der Waals surface area contributed by atoms with E-state index in [1.807, 2.05) is 6.92 Å². The molecule has 1 aromatic rings. The summed E-state index contributed by atoms with van der Waals surface area (Å²) in [6.07, 6.45) is 2.30. The molecule has 1 unspecified atom stereocenters. The van der Waals surface area contributed by atoms with Crippen LogP contribution in [0.15, 0.2) is 18.2 Å². The molecule has 0 radical (unpaired) electrons. The minimum atomic E-state index is -0.768. The lowest BCUT2D eigenvalue weighted by atomic mass is 9.82. The molecule has 2 nitrogen and oxygen atoms in total. The fraction of sp³-hybridized carbons (Fsp3) is 0.647. The third-order valence-corrected chi connectivity index (χ3v) is 4.46. The maximum atomic E-state index is 14.0. The highest BCUT2D eigenvalue weighted by molar-refractivity contribution is 5.23. The molecule has 1 aromatic carbocycles. The lowest BCUT2D eigenvalue weighted by Crippen LogP contribution is -2.42. The fourth-order valence-corrected chi connectivity index (χ4v) is 2.91. The smallest absolute Gasteiger partial charge is 0.163 e. The summed E-state index contributed by atoms with van der Waals surface area (Å²) in [5, 5.41) is 3.29. The predicted octanol–water partition coefficient (Wildman–Crippen LogP) is 3.74. The van der Waals surface area contributed by atoms with Gasteiger partial charge in [-0.2, -0.15) is 0 Å². The van der Waals surface area contributed by atoms with Gasteiger partial charge in [0.25, 0.3) is 0 Å². The van der Waals surface area contributed by atoms with Gasteiger partial charge in [-0.05, 0) is 44.0 Å². The molecule has 0 aliphatic carbocycles. The maximum absolute atomic E-state index is 14.0. The first kappa shape index (κ1) is 16.4. The van der Waals surface area contributed by atoms with Crippen molar-refractivity contribution in [2.24, 2.45) is 5.41 Å². The van der Waals surface area contributed by atoms with Gasteiger partial charge in [-0.15, -0.1) is 0 Å². The summed E-state index contributed by atoms with van der Waals surface area (Å²) in [6, 6.07) is 4.27. The lowest BCUT2D eigenvalue weighted by molar-refractivity contribution is 0.122. The number of nitrogens with one attached hydrogen (secondary N) is 1. The molecule has 21 heavy (non-hydrogen) atoms. The molecule has 0 saturated carbocycles. The zero-order valence-electron chi connectivity index (χ0n) is 13.3. The van der Waals surface area contributed by atoms with Gasteiger partial charge in [-0.3, -0.25) is 0 Å². The molecule has 1 fully saturated rings. The number of likely N-dealkylation sites (N-methyl/N-ethyl adjacent to an activating group) is 1. The van der Waals surface area contributed by atoms with Crippen molar-refractivity contribution >= 4 is 0 Å². The van der Waals surface area contributed by atoms with Crippen LogP contribution in [0.2, 0.25) is 0 Å². The number of nitrogens with zero attached hydrogens (tertiary/aromatic N) is 1. The van der Waals surface area contributed by atoms with E-state index in [4.69, 9.17) is 0 Å². The van der Waals surface area contributed by atoms with E-state index < -0.39 is 11.6 Å². The number of hydrogen-bond acceptors (Lipinski definition) is 2. The van der Waals surface area contributed by atoms with Crippen LogP contribution >= 0.6 is 0 Å². The Labute approximate surface area is 126 Å². The summed E-state index contributed by atoms with van der Waals surface area (Å²) in [4.78, 5) is 2.35. The highest BCUT2D eigenvalue weighted by Crippen LogP contribution is 2.31. The van der Waals surface area contributed by atoms with Gasteiger partial charge < -0.3 is 10.2 Å². The second-order valence-electron chi connectivity index (χ2n) is 6.72. The van der Waals surface area contributed by atoms with E-state index in [1.54, 1.807) is 12.1 Å². The molecular weight excluding hydrogens is 270 g/mol. The fourth-order valence-electron chi connectivity index (χ4n) is 2.91. The van der Waals surface area contributed by atoms with Gasteiger partial charge in [-0.1, -0.05) is 32.9 Å². The van der Waals surface area contributed by atoms with Crippen molar-refractivity contribution in [2.45, 2.75) is 39.7 Å². The number of piperidine rings is 1. The van der Waals surface area contributed by atoms with Crippen LogP contribution in [0.25, 0.3) is 0 Å². The first-order chi connectivity index (χ1) is 9.93. The van der Waals surface area contributed by atoms with Crippen LogP contribution in [0, 0.1) is 17.0 Å². The average Bonchev–Trinajstić information content (AvgIpc) is 2.44. The highest BCUT2D eigenvalue weighted by Gasteiger charge is 2.27. The van der Waals surface area contributed by atoms with Crippen molar-refractivity contribution < 1.29 is 8.78 Å². The summed E-state index contributed by atoms with van der Waals surface area (Å²) >= 11 is 0. The predicted molar refractivity (Wildman–Crippen MR) is 82.2 cm³/mol. The topological polar surface area (TPSA) is 15.3 Å². The Morgan fingerprint density at radius 3 is 2.52 bits per heavy atom. The van der Waals surface area contributed by atoms with E-state index in [1.165, 1.54) is 6.07 Å². The van der Waals surface area contributed by atoms with Crippen LogP contribution in [-0.4, -0.2) is 31.1 Å². The second-order valence-corrected chi connectivity index (χ2v) is 6.72. The zero-order valence-corrected chi connectivity index (χ0v) is 13.3. The number of hydrogen-bond donors (Lipinski definition) is 1. The van der Waals surface area contributed by atoms with Crippen LogP contribution in [0.1, 0.15) is 45.2 Å². The summed E-state index contributed by atoms with van der Waals surface area (Å²) in [5.74, 6) is -1.49. The molecule has 0 bridgehead atoms. The van der Waals surface area contributed by atoms with Gasteiger partial charge in [0.05, 0.1) is 0 Å². The van der Waals surface area contributed by atoms with E-state index in [9.17, 15) is 8.78 Å². The molecule has 0 aromatic heterocycles. The van der Waals surface area contributed by atoms with Gasteiger partial charge in [0.2, 0.25) is 0 Å². The number of benzene rings is 1. The molecule has 118 valence electrons. The summed E-state index contributed by atoms with van der Waals surface area (Å²) in [5.41, 5.74) is 0.829. The van der Waals surface area contributed by atoms with Gasteiger partial charge >= 0.3 is 0 Å². The molecule has 1 heterocycles. The van der Waals surface area contributed by atoms with E-state index in [0.717, 1.165) is 39.0 Å². The Kier molecular flexibility index (Phi) is 5.33. The molecular formula is C17H26F2N2. The van der Waals surface area contributed by atoms with Crippen LogP contribution in [0.3, 0.4) is 0 Å². The van der Waals surface area contributed by atoms with Crippen molar-refractivity contribution in [1.29, 1.82) is 0 Å². The Bertz CT molecular complexity index is 464. The van der Waals surface area contributed by atoms with Crippen molar-refractivity contribution in [2.75, 3.05) is 26.2 Å². The van der Waals surface area contributed by atoms with E-state index in [2.05, 4.69) is 24.1 Å². The Balaban J connectivity index is 2.08. The summed E-state index contributed by atoms with van der Waals surface area (Å²) in [7, 11) is 0. The van der Waals surface area contributed by atoms with E-state index in [-0.39, 0.29) is 6.04 Å². The lowest BCUT2D eigenvalue weighted by Gasteiger charge is -2.38. The average molecular weight is 296 g/mol. The molecule has 1 N–H and O–H groups in total. The minimum Gasteiger partial charge on any atom is -0.309 e. The zero-order chi connectivity index (χ0) is 15.5. The molecule has 2 rings (SSSR count). The van der Waals surface area contributed by atoms with Gasteiger partial charge in [-0.25, -0.2) is 8.78 Å². The third kappa shape index (κ3) is 4.24. The summed E-state index contributed by atoms with van der Waals surface area (Å²) < 4.78 is 27.5. The normalized spacial score (nSPS) is 20.4. The first-order valence-electron chi connectivity index (χ1n) is 7.82. The molecule has 4 heteroatoms. The van der Waals surface area contributed by atoms with E-state index >= 15 is 0 Å². The minimum absolute atomic E-state index is 0.160. The molecule has 1 aliphatic heterocycles. The SMILES string of the molecule is CCNC(CN1CCC(C)(C)CC1)c1cccc(F)c1F. The van der Waals surface area contributed by atoms with Crippen molar-refractivity contribution in [3.05, 3.63) is 35.4 Å². The molecule has 1 aliphatic rings. The Morgan fingerprint density at radius 1 is 1.24 bits per heavy atom. The molecule has 1 atom stereocenters. The van der Waals surface area contributed by atoms with Crippen LogP contribution in [0.4, 0.5) is 8.78 Å². The van der Waals surface area contributed by atoms with Crippen molar-refractivity contribution in [3.63, 3.8) is 0 Å².